The van der Waals surface area contributed by atoms with Crippen LogP contribution in [-0.2, 0) is 6.54 Å². The van der Waals surface area contributed by atoms with Crippen molar-refractivity contribution in [2.75, 3.05) is 24.5 Å². The Morgan fingerprint density at radius 1 is 1.24 bits per heavy atom. The average molecular weight is 290 g/mol. The highest BCUT2D eigenvalue weighted by molar-refractivity contribution is 5.32. The zero-order chi connectivity index (χ0) is 15.3. The molecule has 21 heavy (non-hydrogen) atoms. The summed E-state index contributed by atoms with van der Waals surface area (Å²) in [5, 5.41) is 3.43. The Hall–Kier alpha value is -1.16. The number of rotatable bonds is 7. The van der Waals surface area contributed by atoms with Crippen molar-refractivity contribution in [3.63, 3.8) is 0 Å². The summed E-state index contributed by atoms with van der Waals surface area (Å²) < 4.78 is 0. The summed E-state index contributed by atoms with van der Waals surface area (Å²) >= 11 is 0. The first kappa shape index (κ1) is 16.2. The van der Waals surface area contributed by atoms with Gasteiger partial charge in [-0.2, -0.15) is 0 Å². The zero-order valence-electron chi connectivity index (χ0n) is 14.0. The third-order valence-corrected chi connectivity index (χ3v) is 4.79. The minimum atomic E-state index is 0.473. The Balaban J connectivity index is 1.91. The molecule has 1 aromatic heterocycles. The second-order valence-electron chi connectivity index (χ2n) is 6.79. The van der Waals surface area contributed by atoms with Gasteiger partial charge < -0.3 is 10.2 Å². The van der Waals surface area contributed by atoms with Crippen LogP contribution in [0.3, 0.4) is 0 Å². The van der Waals surface area contributed by atoms with E-state index in [2.05, 4.69) is 47.9 Å². The fourth-order valence-electron chi connectivity index (χ4n) is 3.04. The predicted octanol–water partition coefficient (Wildman–Crippen LogP) is 3.24. The quantitative estimate of drug-likeness (QED) is 0.837. The van der Waals surface area contributed by atoms with Crippen LogP contribution in [0.15, 0.2) is 12.4 Å². The predicted molar refractivity (Wildman–Crippen MR) is 88.4 cm³/mol. The highest BCUT2D eigenvalue weighted by Gasteiger charge is 2.35. The van der Waals surface area contributed by atoms with Gasteiger partial charge in [-0.15, -0.1) is 0 Å². The normalized spacial score (nSPS) is 17.7. The molecule has 1 aromatic rings. The molecule has 1 N–H and O–H groups in total. The standard InChI is InChI=1S/C17H30N4/c1-5-17(6-2)7-8-21(13-17)16-19-11-15(12-20-16)10-18-9-14(3)4/h11-12,14,18H,5-10,13H2,1-4H3. The van der Waals surface area contributed by atoms with E-state index in [4.69, 9.17) is 0 Å². The molecule has 2 rings (SSSR count). The van der Waals surface area contributed by atoms with Gasteiger partial charge in [-0.3, -0.25) is 0 Å². The van der Waals surface area contributed by atoms with E-state index in [1.165, 1.54) is 19.3 Å². The van der Waals surface area contributed by atoms with Crippen LogP contribution in [0.4, 0.5) is 5.95 Å². The average Bonchev–Trinajstić information content (AvgIpc) is 2.93. The molecule has 0 radical (unpaired) electrons. The Labute approximate surface area is 129 Å². The van der Waals surface area contributed by atoms with Crippen LogP contribution in [0.1, 0.15) is 52.5 Å². The number of nitrogens with one attached hydrogen (secondary N) is 1. The lowest BCUT2D eigenvalue weighted by molar-refractivity contribution is 0.301. The fourth-order valence-corrected chi connectivity index (χ4v) is 3.04. The molecule has 1 fully saturated rings. The van der Waals surface area contributed by atoms with Crippen molar-refractivity contribution in [1.82, 2.24) is 15.3 Å². The lowest BCUT2D eigenvalue weighted by Gasteiger charge is -2.26. The Bertz CT molecular complexity index is 423. The fraction of sp³-hybridized carbons (Fsp3) is 0.765. The van der Waals surface area contributed by atoms with E-state index in [9.17, 15) is 0 Å². The van der Waals surface area contributed by atoms with Crippen LogP contribution in [0.2, 0.25) is 0 Å². The largest absolute Gasteiger partial charge is 0.340 e. The van der Waals surface area contributed by atoms with E-state index in [1.54, 1.807) is 0 Å². The highest BCUT2D eigenvalue weighted by atomic mass is 15.3. The van der Waals surface area contributed by atoms with Gasteiger partial charge in [-0.25, -0.2) is 9.97 Å². The van der Waals surface area contributed by atoms with Crippen LogP contribution < -0.4 is 10.2 Å². The second-order valence-corrected chi connectivity index (χ2v) is 6.79. The molecule has 1 aliphatic heterocycles. The molecule has 2 heterocycles. The molecule has 0 amide bonds. The molecule has 0 bridgehead atoms. The van der Waals surface area contributed by atoms with Gasteiger partial charge in [0.25, 0.3) is 0 Å². The maximum absolute atomic E-state index is 4.57. The second kappa shape index (κ2) is 7.21. The molecule has 118 valence electrons. The first-order valence-electron chi connectivity index (χ1n) is 8.35. The molecule has 0 spiro atoms. The third kappa shape index (κ3) is 4.16. The maximum atomic E-state index is 4.57. The summed E-state index contributed by atoms with van der Waals surface area (Å²) in [6.07, 6.45) is 7.69. The maximum Gasteiger partial charge on any atom is 0.225 e. The van der Waals surface area contributed by atoms with Crippen molar-refractivity contribution < 1.29 is 0 Å². The van der Waals surface area contributed by atoms with Crippen molar-refractivity contribution in [3.05, 3.63) is 18.0 Å². The summed E-state index contributed by atoms with van der Waals surface area (Å²) in [5.74, 6) is 1.57. The molecule has 0 atom stereocenters. The van der Waals surface area contributed by atoms with Crippen LogP contribution in [0, 0.1) is 11.3 Å². The van der Waals surface area contributed by atoms with Crippen LogP contribution >= 0.6 is 0 Å². The van der Waals surface area contributed by atoms with E-state index in [-0.39, 0.29) is 0 Å². The molecule has 4 nitrogen and oxygen atoms in total. The first-order chi connectivity index (χ1) is 10.1. The van der Waals surface area contributed by atoms with E-state index in [0.717, 1.165) is 37.7 Å². The van der Waals surface area contributed by atoms with Gasteiger partial charge in [0.15, 0.2) is 0 Å². The summed E-state index contributed by atoms with van der Waals surface area (Å²) in [7, 11) is 0. The number of hydrogen-bond donors (Lipinski definition) is 1. The molecule has 4 heteroatoms. The Kier molecular flexibility index (Phi) is 5.57. The number of anilines is 1. The third-order valence-electron chi connectivity index (χ3n) is 4.79. The zero-order valence-corrected chi connectivity index (χ0v) is 14.0. The summed E-state index contributed by atoms with van der Waals surface area (Å²) in [5.41, 5.74) is 1.64. The van der Waals surface area contributed by atoms with E-state index >= 15 is 0 Å². The molecule has 0 aromatic carbocycles. The SMILES string of the molecule is CCC1(CC)CCN(c2ncc(CNCC(C)C)cn2)C1. The van der Waals surface area contributed by atoms with Crippen molar-refractivity contribution in [1.29, 1.82) is 0 Å². The minimum absolute atomic E-state index is 0.473. The Morgan fingerprint density at radius 3 is 2.43 bits per heavy atom. The van der Waals surface area contributed by atoms with E-state index in [1.807, 2.05) is 12.4 Å². The highest BCUT2D eigenvalue weighted by Crippen LogP contribution is 2.37. The van der Waals surface area contributed by atoms with Gasteiger partial charge in [0.1, 0.15) is 0 Å². The van der Waals surface area contributed by atoms with Gasteiger partial charge >= 0.3 is 0 Å². The molecule has 0 unspecified atom stereocenters. The molecular weight excluding hydrogens is 260 g/mol. The molecular formula is C17H30N4. The number of nitrogens with zero attached hydrogens (tertiary/aromatic N) is 3. The van der Waals surface area contributed by atoms with Crippen LogP contribution in [0.5, 0.6) is 0 Å². The minimum Gasteiger partial charge on any atom is -0.340 e. The summed E-state index contributed by atoms with van der Waals surface area (Å²) in [4.78, 5) is 11.5. The van der Waals surface area contributed by atoms with E-state index < -0.39 is 0 Å². The van der Waals surface area contributed by atoms with Gasteiger partial charge in [-0.05, 0) is 37.1 Å². The smallest absolute Gasteiger partial charge is 0.225 e. The summed E-state index contributed by atoms with van der Waals surface area (Å²) in [6.45, 7) is 13.1. The molecule has 0 saturated carbocycles. The van der Waals surface area contributed by atoms with Gasteiger partial charge in [-0.1, -0.05) is 27.7 Å². The van der Waals surface area contributed by atoms with Gasteiger partial charge in [0.2, 0.25) is 5.95 Å². The van der Waals surface area contributed by atoms with Crippen LogP contribution in [0.25, 0.3) is 0 Å². The molecule has 0 aliphatic carbocycles. The first-order valence-corrected chi connectivity index (χ1v) is 8.35. The van der Waals surface area contributed by atoms with Gasteiger partial charge in [0.05, 0.1) is 0 Å². The number of hydrogen-bond acceptors (Lipinski definition) is 4. The monoisotopic (exact) mass is 290 g/mol. The van der Waals surface area contributed by atoms with Crippen molar-refractivity contribution >= 4 is 5.95 Å². The topological polar surface area (TPSA) is 41.1 Å². The van der Waals surface area contributed by atoms with Crippen molar-refractivity contribution in [2.24, 2.45) is 11.3 Å². The van der Waals surface area contributed by atoms with Crippen molar-refractivity contribution in [3.8, 4) is 0 Å². The lowest BCUT2D eigenvalue weighted by Crippen LogP contribution is -2.27. The van der Waals surface area contributed by atoms with E-state index in [0.29, 0.717) is 11.3 Å². The number of aromatic nitrogens is 2. The van der Waals surface area contributed by atoms with Crippen LogP contribution in [-0.4, -0.2) is 29.6 Å². The lowest BCUT2D eigenvalue weighted by atomic mass is 9.82. The van der Waals surface area contributed by atoms with Crippen molar-refractivity contribution in [2.45, 2.75) is 53.5 Å². The molecule has 1 saturated heterocycles. The Morgan fingerprint density at radius 2 is 1.90 bits per heavy atom. The van der Waals surface area contributed by atoms with Gasteiger partial charge in [0, 0.05) is 37.6 Å². The summed E-state index contributed by atoms with van der Waals surface area (Å²) in [6, 6.07) is 0. The molecule has 1 aliphatic rings.